The fraction of sp³-hybridized carbons (Fsp3) is 0.353. The lowest BCUT2D eigenvalue weighted by Crippen LogP contribution is -2.30. The molecule has 1 aliphatic carbocycles. The molecule has 1 aliphatic rings. The predicted molar refractivity (Wildman–Crippen MR) is 93.8 cm³/mol. The van der Waals surface area contributed by atoms with E-state index in [1.165, 1.54) is 10.9 Å². The highest BCUT2D eigenvalue weighted by molar-refractivity contribution is 5.94. The third-order valence-corrected chi connectivity index (χ3v) is 3.91. The Morgan fingerprint density at radius 2 is 2.16 bits per heavy atom. The van der Waals surface area contributed by atoms with Gasteiger partial charge in [0.2, 0.25) is 0 Å². The van der Waals surface area contributed by atoms with E-state index in [2.05, 4.69) is 15.7 Å². The molecular weight excluding hydrogens is 322 g/mol. The van der Waals surface area contributed by atoms with E-state index >= 15 is 0 Å². The number of benzene rings is 1. The molecule has 0 radical (unpaired) electrons. The first kappa shape index (κ1) is 16.8. The Labute approximate surface area is 145 Å². The van der Waals surface area contributed by atoms with Crippen molar-refractivity contribution in [3.05, 3.63) is 35.5 Å². The number of urea groups is 1. The molecule has 2 aromatic rings. The number of amides is 2. The summed E-state index contributed by atoms with van der Waals surface area (Å²) in [5, 5.41) is 9.85. The van der Waals surface area contributed by atoms with Crippen LogP contribution < -0.4 is 16.4 Å². The highest BCUT2D eigenvalue weighted by Gasteiger charge is 2.23. The number of carbonyl (C=O) groups is 2. The number of rotatable bonds is 5. The highest BCUT2D eigenvalue weighted by Crippen LogP contribution is 2.24. The van der Waals surface area contributed by atoms with Gasteiger partial charge in [-0.1, -0.05) is 6.07 Å². The average molecular weight is 343 g/mol. The van der Waals surface area contributed by atoms with Crippen LogP contribution in [0.3, 0.4) is 0 Å². The molecule has 1 aromatic carbocycles. The summed E-state index contributed by atoms with van der Waals surface area (Å²) in [6.07, 6.45) is 3.42. The summed E-state index contributed by atoms with van der Waals surface area (Å²) in [5.74, 6) is -0.317. The van der Waals surface area contributed by atoms with Crippen LogP contribution in [-0.2, 0) is 4.74 Å². The molecule has 25 heavy (non-hydrogen) atoms. The largest absolute Gasteiger partial charge is 0.462 e. The average Bonchev–Trinajstić information content (AvgIpc) is 3.29. The van der Waals surface area contributed by atoms with E-state index in [-0.39, 0.29) is 30.1 Å². The maximum Gasteiger partial charge on any atom is 0.343 e. The molecule has 8 heteroatoms. The van der Waals surface area contributed by atoms with Gasteiger partial charge < -0.3 is 21.1 Å². The van der Waals surface area contributed by atoms with Crippen molar-refractivity contribution < 1.29 is 14.3 Å². The maximum atomic E-state index is 11.9. The number of esters is 1. The molecule has 0 bridgehead atoms. The SMILES string of the molecule is CCOC(=O)c1cnn(-c2cc(NC(=O)NC3CC3)ccc2C)c1N. The second-order valence-corrected chi connectivity index (χ2v) is 5.95. The molecule has 1 fully saturated rings. The molecular formula is C17H21N5O3. The second kappa shape index (κ2) is 6.84. The van der Waals surface area contributed by atoms with Gasteiger partial charge in [-0.15, -0.1) is 0 Å². The van der Waals surface area contributed by atoms with Gasteiger partial charge in [0.05, 0.1) is 18.5 Å². The van der Waals surface area contributed by atoms with E-state index in [0.29, 0.717) is 11.4 Å². The minimum atomic E-state index is -0.512. The Morgan fingerprint density at radius 3 is 2.84 bits per heavy atom. The van der Waals surface area contributed by atoms with Crippen molar-refractivity contribution in [2.75, 3.05) is 17.7 Å². The summed E-state index contributed by atoms with van der Waals surface area (Å²) in [7, 11) is 0. The topological polar surface area (TPSA) is 111 Å². The molecule has 1 aromatic heterocycles. The summed E-state index contributed by atoms with van der Waals surface area (Å²) in [6.45, 7) is 3.89. The van der Waals surface area contributed by atoms with Gasteiger partial charge in [-0.25, -0.2) is 14.3 Å². The molecule has 0 saturated heterocycles. The number of anilines is 2. The number of nitrogen functional groups attached to an aromatic ring is 1. The summed E-state index contributed by atoms with van der Waals surface area (Å²) in [4.78, 5) is 23.8. The Morgan fingerprint density at radius 1 is 1.40 bits per heavy atom. The van der Waals surface area contributed by atoms with E-state index in [1.54, 1.807) is 19.1 Å². The van der Waals surface area contributed by atoms with Crippen LogP contribution in [0.1, 0.15) is 35.7 Å². The minimum absolute atomic E-state index is 0.195. The number of aromatic nitrogens is 2. The lowest BCUT2D eigenvalue weighted by Gasteiger charge is -2.12. The van der Waals surface area contributed by atoms with Crippen molar-refractivity contribution in [2.45, 2.75) is 32.7 Å². The number of nitrogens with one attached hydrogen (secondary N) is 2. The summed E-state index contributed by atoms with van der Waals surface area (Å²) in [5.41, 5.74) is 8.47. The van der Waals surface area contributed by atoms with Crippen LogP contribution in [0.5, 0.6) is 0 Å². The van der Waals surface area contributed by atoms with Gasteiger partial charge in [-0.3, -0.25) is 0 Å². The first-order valence-corrected chi connectivity index (χ1v) is 8.18. The van der Waals surface area contributed by atoms with Crippen molar-refractivity contribution in [2.24, 2.45) is 0 Å². The Bertz CT molecular complexity index is 811. The van der Waals surface area contributed by atoms with E-state index in [4.69, 9.17) is 10.5 Å². The van der Waals surface area contributed by atoms with Gasteiger partial charge in [0.1, 0.15) is 11.4 Å². The molecule has 1 heterocycles. The number of ether oxygens (including phenoxy) is 1. The molecule has 0 aliphatic heterocycles. The van der Waals surface area contributed by atoms with Crippen LogP contribution in [0, 0.1) is 6.92 Å². The van der Waals surface area contributed by atoms with Crippen molar-refractivity contribution in [1.82, 2.24) is 15.1 Å². The molecule has 8 nitrogen and oxygen atoms in total. The fourth-order valence-electron chi connectivity index (χ4n) is 2.41. The third-order valence-electron chi connectivity index (χ3n) is 3.91. The van der Waals surface area contributed by atoms with Crippen LogP contribution in [-0.4, -0.2) is 34.4 Å². The summed E-state index contributed by atoms with van der Waals surface area (Å²) < 4.78 is 6.43. The quantitative estimate of drug-likeness (QED) is 0.721. The predicted octanol–water partition coefficient (Wildman–Crippen LogP) is 2.22. The standard InChI is InChI=1S/C17H21N5O3/c1-3-25-16(23)13-9-19-22(15(13)18)14-8-12(5-4-10(14)2)21-17(24)20-11-6-7-11/h4-5,8-9,11H,3,6-7,18H2,1-2H3,(H2,20,21,24). The van der Waals surface area contributed by atoms with E-state index < -0.39 is 5.97 Å². The van der Waals surface area contributed by atoms with Gasteiger partial charge in [0.25, 0.3) is 0 Å². The molecule has 3 rings (SSSR count). The third kappa shape index (κ3) is 3.73. The molecule has 0 unspecified atom stereocenters. The minimum Gasteiger partial charge on any atom is -0.462 e. The summed E-state index contributed by atoms with van der Waals surface area (Å²) >= 11 is 0. The van der Waals surface area contributed by atoms with Crippen LogP contribution in [0.4, 0.5) is 16.3 Å². The normalized spacial score (nSPS) is 13.4. The zero-order valence-corrected chi connectivity index (χ0v) is 14.2. The lowest BCUT2D eigenvalue weighted by atomic mass is 10.2. The second-order valence-electron chi connectivity index (χ2n) is 5.95. The number of aryl methyl sites for hydroxylation is 1. The molecule has 132 valence electrons. The molecule has 1 saturated carbocycles. The molecule has 0 atom stereocenters. The van der Waals surface area contributed by atoms with Gasteiger partial charge in [-0.05, 0) is 44.4 Å². The zero-order chi connectivity index (χ0) is 18.0. The smallest absolute Gasteiger partial charge is 0.343 e. The zero-order valence-electron chi connectivity index (χ0n) is 14.2. The van der Waals surface area contributed by atoms with E-state index in [9.17, 15) is 9.59 Å². The first-order valence-electron chi connectivity index (χ1n) is 8.18. The summed E-state index contributed by atoms with van der Waals surface area (Å²) in [6, 6.07) is 5.46. The van der Waals surface area contributed by atoms with Gasteiger partial charge in [0.15, 0.2) is 0 Å². The Hall–Kier alpha value is -3.03. The number of carbonyl (C=O) groups excluding carboxylic acids is 2. The molecule has 4 N–H and O–H groups in total. The van der Waals surface area contributed by atoms with Crippen molar-refractivity contribution in [3.8, 4) is 5.69 Å². The van der Waals surface area contributed by atoms with E-state index in [0.717, 1.165) is 18.4 Å². The van der Waals surface area contributed by atoms with Crippen molar-refractivity contribution in [1.29, 1.82) is 0 Å². The lowest BCUT2D eigenvalue weighted by molar-refractivity contribution is 0.0527. The maximum absolute atomic E-state index is 11.9. The van der Waals surface area contributed by atoms with Crippen molar-refractivity contribution >= 4 is 23.5 Å². The number of nitrogens with two attached hydrogens (primary N) is 1. The van der Waals surface area contributed by atoms with Crippen LogP contribution in [0.2, 0.25) is 0 Å². The van der Waals surface area contributed by atoms with Crippen LogP contribution >= 0.6 is 0 Å². The van der Waals surface area contributed by atoms with Gasteiger partial charge in [0, 0.05) is 11.7 Å². The van der Waals surface area contributed by atoms with Crippen LogP contribution in [0.15, 0.2) is 24.4 Å². The van der Waals surface area contributed by atoms with Gasteiger partial charge in [-0.2, -0.15) is 5.10 Å². The fourth-order valence-corrected chi connectivity index (χ4v) is 2.41. The van der Waals surface area contributed by atoms with Crippen molar-refractivity contribution in [3.63, 3.8) is 0 Å². The molecule has 0 spiro atoms. The number of nitrogens with zero attached hydrogens (tertiary/aromatic N) is 2. The Balaban J connectivity index is 1.85. The van der Waals surface area contributed by atoms with E-state index in [1.807, 2.05) is 13.0 Å². The monoisotopic (exact) mass is 343 g/mol. The highest BCUT2D eigenvalue weighted by atomic mass is 16.5. The van der Waals surface area contributed by atoms with Crippen LogP contribution in [0.25, 0.3) is 5.69 Å². The Kier molecular flexibility index (Phi) is 4.60. The van der Waals surface area contributed by atoms with Gasteiger partial charge >= 0.3 is 12.0 Å². The number of hydrogen-bond donors (Lipinski definition) is 3. The number of hydrogen-bond acceptors (Lipinski definition) is 5. The molecule has 2 amide bonds. The first-order chi connectivity index (χ1) is 12.0.